The van der Waals surface area contributed by atoms with E-state index in [2.05, 4.69) is 40.2 Å². The van der Waals surface area contributed by atoms with Gasteiger partial charge in [0.2, 0.25) is 5.91 Å². The highest BCUT2D eigenvalue weighted by Gasteiger charge is 2.21. The second-order valence-corrected chi connectivity index (χ2v) is 10.5. The van der Waals surface area contributed by atoms with Crippen molar-refractivity contribution in [1.82, 2.24) is 19.4 Å². The smallest absolute Gasteiger partial charge is 0.263 e. The van der Waals surface area contributed by atoms with Gasteiger partial charge in [0, 0.05) is 35.5 Å². The molecule has 176 valence electrons. The highest BCUT2D eigenvalue weighted by Crippen LogP contribution is 2.33. The molecule has 1 aromatic carbocycles. The average molecular weight is 493 g/mol. The van der Waals surface area contributed by atoms with Crippen molar-refractivity contribution in [2.75, 3.05) is 32.7 Å². The first-order chi connectivity index (χ1) is 16.7. The lowest BCUT2D eigenvalue weighted by Gasteiger charge is -2.22. The minimum absolute atomic E-state index is 0.0118. The molecule has 4 heterocycles. The van der Waals surface area contributed by atoms with Gasteiger partial charge in [-0.05, 0) is 49.4 Å². The number of rotatable bonds is 7. The van der Waals surface area contributed by atoms with Crippen molar-refractivity contribution in [2.24, 2.45) is 0 Å². The molecule has 1 aliphatic heterocycles. The predicted octanol–water partition coefficient (Wildman–Crippen LogP) is 4.35. The Balaban J connectivity index is 1.20. The summed E-state index contributed by atoms with van der Waals surface area (Å²) in [6, 6.07) is 14.6. The van der Waals surface area contributed by atoms with E-state index in [4.69, 9.17) is 0 Å². The average Bonchev–Trinajstić information content (AvgIpc) is 3.47. The summed E-state index contributed by atoms with van der Waals surface area (Å²) in [4.78, 5) is 36.9. The Bertz CT molecular complexity index is 1300. The van der Waals surface area contributed by atoms with E-state index < -0.39 is 0 Å². The second kappa shape index (κ2) is 10.6. The molecule has 0 atom stereocenters. The summed E-state index contributed by atoms with van der Waals surface area (Å²) < 4.78 is 1.47. The molecule has 0 radical (unpaired) electrons. The van der Waals surface area contributed by atoms with Crippen LogP contribution in [0.2, 0.25) is 0 Å². The first kappa shape index (κ1) is 23.0. The van der Waals surface area contributed by atoms with E-state index in [9.17, 15) is 9.59 Å². The first-order valence-corrected chi connectivity index (χ1v) is 13.5. The van der Waals surface area contributed by atoms with E-state index in [1.54, 1.807) is 11.3 Å². The molecule has 0 saturated carbocycles. The third-order valence-corrected chi connectivity index (χ3v) is 8.17. The summed E-state index contributed by atoms with van der Waals surface area (Å²) >= 11 is 3.08. The Morgan fingerprint density at radius 3 is 2.71 bits per heavy atom. The molecule has 3 aromatic heterocycles. The molecule has 0 aliphatic carbocycles. The maximum atomic E-state index is 13.2. The first-order valence-electron chi connectivity index (χ1n) is 11.7. The molecular weight excluding hydrogens is 464 g/mol. The molecule has 4 aromatic rings. The molecule has 1 amide bonds. The third-order valence-electron chi connectivity index (χ3n) is 6.38. The van der Waals surface area contributed by atoms with Crippen LogP contribution in [-0.2, 0) is 17.8 Å². The van der Waals surface area contributed by atoms with Crippen molar-refractivity contribution in [2.45, 2.75) is 25.8 Å². The normalized spacial score (nSPS) is 15.0. The molecule has 8 heteroatoms. The largest absolute Gasteiger partial charge is 0.340 e. The highest BCUT2D eigenvalue weighted by atomic mass is 32.1. The number of aromatic nitrogens is 2. The van der Waals surface area contributed by atoms with Crippen LogP contribution in [-0.4, -0.2) is 58.0 Å². The summed E-state index contributed by atoms with van der Waals surface area (Å²) in [6.07, 6.45) is 4.67. The number of hydrogen-bond donors (Lipinski definition) is 0. The molecule has 1 saturated heterocycles. The fourth-order valence-electron chi connectivity index (χ4n) is 4.53. The van der Waals surface area contributed by atoms with Gasteiger partial charge in [-0.1, -0.05) is 36.4 Å². The van der Waals surface area contributed by atoms with E-state index in [1.807, 2.05) is 27.8 Å². The van der Waals surface area contributed by atoms with Gasteiger partial charge in [0.05, 0.1) is 11.7 Å². The topological polar surface area (TPSA) is 58.4 Å². The lowest BCUT2D eigenvalue weighted by atomic mass is 10.1. The molecule has 34 heavy (non-hydrogen) atoms. The van der Waals surface area contributed by atoms with E-state index in [1.165, 1.54) is 27.8 Å². The van der Waals surface area contributed by atoms with Gasteiger partial charge in [-0.2, -0.15) is 0 Å². The number of nitrogens with zero attached hydrogens (tertiary/aromatic N) is 4. The Morgan fingerprint density at radius 1 is 1.00 bits per heavy atom. The fraction of sp³-hybridized carbons (Fsp3) is 0.346. The van der Waals surface area contributed by atoms with Crippen LogP contribution in [0.15, 0.2) is 64.3 Å². The molecule has 6 nitrogen and oxygen atoms in total. The second-order valence-electron chi connectivity index (χ2n) is 8.65. The van der Waals surface area contributed by atoms with Crippen LogP contribution >= 0.6 is 22.7 Å². The SMILES string of the molecule is O=C(Cn1cnc2scc(-c3cccs3)c2c1=O)N1CCCN(CCCc2ccccc2)CC1. The van der Waals surface area contributed by atoms with Gasteiger partial charge in [0.15, 0.2) is 0 Å². The van der Waals surface area contributed by atoms with Crippen molar-refractivity contribution >= 4 is 38.8 Å². The monoisotopic (exact) mass is 492 g/mol. The number of hydrogen-bond acceptors (Lipinski definition) is 6. The van der Waals surface area contributed by atoms with E-state index >= 15 is 0 Å². The Morgan fingerprint density at radius 2 is 1.88 bits per heavy atom. The molecule has 5 rings (SSSR count). The van der Waals surface area contributed by atoms with Crippen LogP contribution in [0.1, 0.15) is 18.4 Å². The van der Waals surface area contributed by atoms with Crippen molar-refractivity contribution < 1.29 is 4.79 Å². The molecular formula is C26H28N4O2S2. The van der Waals surface area contributed by atoms with Crippen LogP contribution in [0.4, 0.5) is 0 Å². The Kier molecular flexibility index (Phi) is 7.18. The number of benzene rings is 1. The highest BCUT2D eigenvalue weighted by molar-refractivity contribution is 7.18. The van der Waals surface area contributed by atoms with Gasteiger partial charge in [-0.3, -0.25) is 14.2 Å². The number of amides is 1. The minimum atomic E-state index is -0.139. The lowest BCUT2D eigenvalue weighted by Crippen LogP contribution is -2.39. The minimum Gasteiger partial charge on any atom is -0.340 e. The summed E-state index contributed by atoms with van der Waals surface area (Å²) in [5.74, 6) is -0.0118. The summed E-state index contributed by atoms with van der Waals surface area (Å²) in [6.45, 7) is 4.39. The van der Waals surface area contributed by atoms with Crippen molar-refractivity contribution in [3.63, 3.8) is 0 Å². The zero-order chi connectivity index (χ0) is 23.3. The zero-order valence-corrected chi connectivity index (χ0v) is 20.7. The van der Waals surface area contributed by atoms with Crippen LogP contribution in [0, 0.1) is 0 Å². The molecule has 0 unspecified atom stereocenters. The summed E-state index contributed by atoms with van der Waals surface area (Å²) in [5.41, 5.74) is 2.15. The van der Waals surface area contributed by atoms with E-state index in [0.717, 1.165) is 60.7 Å². The van der Waals surface area contributed by atoms with Crippen molar-refractivity contribution in [3.05, 3.63) is 75.5 Å². The summed E-state index contributed by atoms with van der Waals surface area (Å²) in [7, 11) is 0. The van der Waals surface area contributed by atoms with Crippen molar-refractivity contribution in [1.29, 1.82) is 0 Å². The summed E-state index contributed by atoms with van der Waals surface area (Å²) in [5, 5.41) is 4.60. The molecule has 0 bridgehead atoms. The van der Waals surface area contributed by atoms with Gasteiger partial charge < -0.3 is 9.80 Å². The fourth-order valence-corrected chi connectivity index (χ4v) is 6.26. The standard InChI is InChI=1S/C26H28N4O2S2/c31-23(29-13-6-12-28(14-15-29)11-4-9-20-7-2-1-3-8-20)17-30-19-27-25-24(26(30)32)21(18-34-25)22-10-5-16-33-22/h1-3,5,7-8,10,16,18-19H,4,6,9,11-15,17H2. The Hall–Kier alpha value is -2.81. The van der Waals surface area contributed by atoms with Gasteiger partial charge in [0.1, 0.15) is 11.4 Å². The van der Waals surface area contributed by atoms with Crippen LogP contribution in [0.3, 0.4) is 0 Å². The lowest BCUT2D eigenvalue weighted by molar-refractivity contribution is -0.131. The Labute approximate surface area is 207 Å². The van der Waals surface area contributed by atoms with Gasteiger partial charge in [0.25, 0.3) is 5.56 Å². The number of carbonyl (C=O) groups excluding carboxylic acids is 1. The molecule has 1 fully saturated rings. The van der Waals surface area contributed by atoms with Crippen LogP contribution in [0.5, 0.6) is 0 Å². The number of carbonyl (C=O) groups is 1. The van der Waals surface area contributed by atoms with Crippen molar-refractivity contribution in [3.8, 4) is 10.4 Å². The number of fused-ring (bicyclic) bond motifs is 1. The maximum Gasteiger partial charge on any atom is 0.263 e. The maximum absolute atomic E-state index is 13.2. The van der Waals surface area contributed by atoms with Gasteiger partial charge >= 0.3 is 0 Å². The van der Waals surface area contributed by atoms with E-state index in [0.29, 0.717) is 11.9 Å². The quantitative estimate of drug-likeness (QED) is 0.385. The van der Waals surface area contributed by atoms with Crippen LogP contribution in [0.25, 0.3) is 20.7 Å². The molecule has 0 spiro atoms. The number of thiophene rings is 2. The van der Waals surface area contributed by atoms with Crippen LogP contribution < -0.4 is 5.56 Å². The predicted molar refractivity (Wildman–Crippen MR) is 140 cm³/mol. The van der Waals surface area contributed by atoms with Gasteiger partial charge in [-0.25, -0.2) is 4.98 Å². The molecule has 0 N–H and O–H groups in total. The zero-order valence-electron chi connectivity index (χ0n) is 19.1. The van der Waals surface area contributed by atoms with Gasteiger partial charge in [-0.15, -0.1) is 22.7 Å². The third kappa shape index (κ3) is 5.14. The number of aryl methyl sites for hydroxylation is 1. The van der Waals surface area contributed by atoms with E-state index in [-0.39, 0.29) is 18.0 Å². The molecule has 1 aliphatic rings.